The third kappa shape index (κ3) is 3.89. The van der Waals surface area contributed by atoms with Crippen molar-refractivity contribution in [2.24, 2.45) is 29.6 Å². The SMILES string of the molecule is C/C=C(\C)[C@H]1C(C)=C[C@@H]2[C@@H]([C@@H]1/C=C/C=C/C(=O)O)[C@H](C)CC[C@H]2O. The first-order valence-corrected chi connectivity index (χ1v) is 8.93. The summed E-state index contributed by atoms with van der Waals surface area (Å²) in [5.41, 5.74) is 2.66. The van der Waals surface area contributed by atoms with E-state index >= 15 is 0 Å². The van der Waals surface area contributed by atoms with E-state index < -0.39 is 5.97 Å². The molecule has 0 unspecified atom stereocenters. The minimum atomic E-state index is -0.931. The number of carboxylic acids is 1. The van der Waals surface area contributed by atoms with Crippen LogP contribution in [-0.2, 0) is 4.79 Å². The number of aliphatic carboxylic acids is 1. The molecule has 3 nitrogen and oxygen atoms in total. The zero-order chi connectivity index (χ0) is 17.9. The Labute approximate surface area is 145 Å². The van der Waals surface area contributed by atoms with Crippen molar-refractivity contribution < 1.29 is 15.0 Å². The second-order valence-electron chi connectivity index (χ2n) is 7.36. The first kappa shape index (κ1) is 18.7. The Morgan fingerprint density at radius 1 is 1.29 bits per heavy atom. The van der Waals surface area contributed by atoms with Crippen LogP contribution in [0.25, 0.3) is 0 Å². The van der Waals surface area contributed by atoms with Crippen molar-refractivity contribution in [2.45, 2.75) is 46.6 Å². The number of carboxylic acid groups (broad SMARTS) is 1. The van der Waals surface area contributed by atoms with E-state index in [2.05, 4.69) is 45.9 Å². The van der Waals surface area contributed by atoms with Gasteiger partial charge in [0.2, 0.25) is 0 Å². The van der Waals surface area contributed by atoms with Crippen LogP contribution in [0.4, 0.5) is 0 Å². The highest BCUT2D eigenvalue weighted by Crippen LogP contribution is 2.50. The summed E-state index contributed by atoms with van der Waals surface area (Å²) in [5, 5.41) is 19.3. The van der Waals surface area contributed by atoms with Gasteiger partial charge in [0.05, 0.1) is 6.10 Å². The van der Waals surface area contributed by atoms with Crippen LogP contribution < -0.4 is 0 Å². The van der Waals surface area contributed by atoms with Gasteiger partial charge in [-0.3, -0.25) is 0 Å². The van der Waals surface area contributed by atoms with Gasteiger partial charge in [-0.1, -0.05) is 48.5 Å². The van der Waals surface area contributed by atoms with Gasteiger partial charge in [-0.15, -0.1) is 0 Å². The smallest absolute Gasteiger partial charge is 0.328 e. The molecule has 2 N–H and O–H groups in total. The van der Waals surface area contributed by atoms with Crippen molar-refractivity contribution in [1.82, 2.24) is 0 Å². The largest absolute Gasteiger partial charge is 0.478 e. The normalized spacial score (nSPS) is 37.5. The average molecular weight is 330 g/mol. The fourth-order valence-corrected chi connectivity index (χ4v) is 4.66. The summed E-state index contributed by atoms with van der Waals surface area (Å²) in [4.78, 5) is 10.7. The lowest BCUT2D eigenvalue weighted by atomic mass is 9.57. The fourth-order valence-electron chi connectivity index (χ4n) is 4.66. The molecule has 132 valence electrons. The second-order valence-corrected chi connectivity index (χ2v) is 7.36. The van der Waals surface area contributed by atoms with Crippen molar-refractivity contribution in [3.63, 3.8) is 0 Å². The predicted molar refractivity (Wildman–Crippen MR) is 97.5 cm³/mol. The third-order valence-corrected chi connectivity index (χ3v) is 5.87. The minimum Gasteiger partial charge on any atom is -0.478 e. The predicted octanol–water partition coefficient (Wildman–Crippen LogP) is 4.37. The number of allylic oxidation sites excluding steroid dienone is 6. The molecule has 0 saturated heterocycles. The maximum Gasteiger partial charge on any atom is 0.328 e. The molecule has 2 aliphatic carbocycles. The molecule has 0 amide bonds. The van der Waals surface area contributed by atoms with Crippen molar-refractivity contribution in [3.05, 3.63) is 47.6 Å². The standard InChI is InChI=1S/C21H30O3/c1-5-13(2)20-15(4)12-17-18(22)11-10-14(3)21(17)16(20)8-6-7-9-19(23)24/h5-9,12,14,16-18,20-22H,10-11H2,1-4H3,(H,23,24)/b8-6+,9-7+,13-5+/t14-,16-,17+,18-,20+,21-/m1/s1. The summed E-state index contributed by atoms with van der Waals surface area (Å²) in [7, 11) is 0. The van der Waals surface area contributed by atoms with E-state index in [0.717, 1.165) is 18.9 Å². The summed E-state index contributed by atoms with van der Waals surface area (Å²) in [6, 6.07) is 0. The van der Waals surface area contributed by atoms with E-state index in [9.17, 15) is 9.90 Å². The molecule has 3 heteroatoms. The van der Waals surface area contributed by atoms with Crippen molar-refractivity contribution in [2.75, 3.05) is 0 Å². The average Bonchev–Trinajstić information content (AvgIpc) is 2.53. The van der Waals surface area contributed by atoms with Gasteiger partial charge in [0.15, 0.2) is 0 Å². The zero-order valence-corrected chi connectivity index (χ0v) is 15.1. The first-order valence-electron chi connectivity index (χ1n) is 8.93. The van der Waals surface area contributed by atoms with Gasteiger partial charge < -0.3 is 10.2 Å². The van der Waals surface area contributed by atoms with E-state index in [1.165, 1.54) is 11.1 Å². The molecule has 0 aromatic carbocycles. The van der Waals surface area contributed by atoms with Gasteiger partial charge in [0.1, 0.15) is 0 Å². The van der Waals surface area contributed by atoms with Crippen LogP contribution in [0, 0.1) is 29.6 Å². The lowest BCUT2D eigenvalue weighted by Crippen LogP contribution is -2.45. The molecule has 0 heterocycles. The van der Waals surface area contributed by atoms with Crippen molar-refractivity contribution in [3.8, 4) is 0 Å². The highest BCUT2D eigenvalue weighted by Gasteiger charge is 2.45. The Bertz CT molecular complexity index is 582. The number of hydrogen-bond acceptors (Lipinski definition) is 2. The number of rotatable bonds is 4. The van der Waals surface area contributed by atoms with Crippen LogP contribution in [0.15, 0.2) is 47.6 Å². The highest BCUT2D eigenvalue weighted by atomic mass is 16.4. The Balaban J connectivity index is 2.42. The van der Waals surface area contributed by atoms with Gasteiger partial charge in [-0.2, -0.15) is 0 Å². The monoisotopic (exact) mass is 330 g/mol. The molecule has 0 bridgehead atoms. The van der Waals surface area contributed by atoms with Gasteiger partial charge in [0.25, 0.3) is 0 Å². The van der Waals surface area contributed by atoms with Gasteiger partial charge in [-0.25, -0.2) is 4.79 Å². The van der Waals surface area contributed by atoms with Crippen LogP contribution in [0.3, 0.4) is 0 Å². The fraction of sp³-hybridized carbons (Fsp3) is 0.571. The molecule has 2 rings (SSSR count). The Morgan fingerprint density at radius 2 is 2.00 bits per heavy atom. The number of aliphatic hydroxyl groups is 1. The maximum atomic E-state index is 10.7. The lowest BCUT2D eigenvalue weighted by Gasteiger charge is -2.48. The van der Waals surface area contributed by atoms with Crippen molar-refractivity contribution in [1.29, 1.82) is 0 Å². The summed E-state index contributed by atoms with van der Waals surface area (Å²) >= 11 is 0. The molecule has 24 heavy (non-hydrogen) atoms. The van der Waals surface area contributed by atoms with E-state index in [0.29, 0.717) is 23.7 Å². The van der Waals surface area contributed by atoms with E-state index in [-0.39, 0.29) is 12.0 Å². The number of fused-ring (bicyclic) bond motifs is 1. The van der Waals surface area contributed by atoms with E-state index in [1.807, 2.05) is 6.08 Å². The second kappa shape index (κ2) is 7.98. The molecule has 6 atom stereocenters. The van der Waals surface area contributed by atoms with E-state index in [1.54, 1.807) is 6.08 Å². The summed E-state index contributed by atoms with van der Waals surface area (Å²) in [5.74, 6) is 0.838. The molecule has 0 spiro atoms. The molecule has 2 aliphatic rings. The summed E-state index contributed by atoms with van der Waals surface area (Å²) < 4.78 is 0. The molecular formula is C21H30O3. The van der Waals surface area contributed by atoms with Crippen LogP contribution >= 0.6 is 0 Å². The van der Waals surface area contributed by atoms with Crippen molar-refractivity contribution >= 4 is 5.97 Å². The molecule has 0 radical (unpaired) electrons. The number of aliphatic hydroxyl groups excluding tert-OH is 1. The van der Waals surface area contributed by atoms with Gasteiger partial charge in [-0.05, 0) is 51.4 Å². The van der Waals surface area contributed by atoms with Gasteiger partial charge in [0, 0.05) is 17.9 Å². The van der Waals surface area contributed by atoms with Gasteiger partial charge >= 0.3 is 5.97 Å². The van der Waals surface area contributed by atoms with Crippen LogP contribution in [-0.4, -0.2) is 22.3 Å². The molecule has 0 aromatic heterocycles. The third-order valence-electron chi connectivity index (χ3n) is 5.87. The molecule has 0 aromatic rings. The summed E-state index contributed by atoms with van der Waals surface area (Å²) in [6.07, 6.45) is 12.9. The lowest BCUT2D eigenvalue weighted by molar-refractivity contribution is -0.131. The number of carbonyl (C=O) groups is 1. The topological polar surface area (TPSA) is 57.5 Å². The Hall–Kier alpha value is -1.61. The minimum absolute atomic E-state index is 0.202. The van der Waals surface area contributed by atoms with Crippen LogP contribution in [0.1, 0.15) is 40.5 Å². The first-order chi connectivity index (χ1) is 11.4. The van der Waals surface area contributed by atoms with E-state index in [4.69, 9.17) is 5.11 Å². The molecular weight excluding hydrogens is 300 g/mol. The highest BCUT2D eigenvalue weighted by molar-refractivity contribution is 5.80. The number of hydrogen-bond donors (Lipinski definition) is 2. The van der Waals surface area contributed by atoms with Crippen LogP contribution in [0.5, 0.6) is 0 Å². The van der Waals surface area contributed by atoms with Crippen LogP contribution in [0.2, 0.25) is 0 Å². The Morgan fingerprint density at radius 3 is 2.62 bits per heavy atom. The maximum absolute atomic E-state index is 10.7. The summed E-state index contributed by atoms with van der Waals surface area (Å²) in [6.45, 7) is 8.68. The molecule has 1 saturated carbocycles. The quantitative estimate of drug-likeness (QED) is 0.457. The molecule has 0 aliphatic heterocycles. The zero-order valence-electron chi connectivity index (χ0n) is 15.1. The molecule has 1 fully saturated rings. The Kier molecular flexibility index (Phi) is 6.22.